The predicted octanol–water partition coefficient (Wildman–Crippen LogP) is -0.124. The lowest BCUT2D eigenvalue weighted by atomic mass is 9.98. The minimum absolute atomic E-state index is 0.326. The van der Waals surface area contributed by atoms with E-state index in [9.17, 15) is 23.1 Å². The van der Waals surface area contributed by atoms with Gasteiger partial charge in [0.2, 0.25) is 15.9 Å². The lowest BCUT2D eigenvalue weighted by Crippen LogP contribution is -2.56. The fourth-order valence-electron chi connectivity index (χ4n) is 3.10. The molecule has 2 saturated heterocycles. The molecule has 1 N–H and O–H groups in total. The third-order valence-corrected chi connectivity index (χ3v) is 5.57. The summed E-state index contributed by atoms with van der Waals surface area (Å²) in [7, 11) is -3.45. The van der Waals surface area contributed by atoms with Gasteiger partial charge in [0.25, 0.3) is 0 Å². The Bertz CT molecular complexity index is 532. The summed E-state index contributed by atoms with van der Waals surface area (Å²) in [6, 6.07) is -0.748. The van der Waals surface area contributed by atoms with Crippen LogP contribution in [0.2, 0.25) is 0 Å². The molecule has 2 rings (SSSR count). The van der Waals surface area contributed by atoms with Crippen molar-refractivity contribution in [3.05, 3.63) is 0 Å². The monoisotopic (exact) mass is 304 g/mol. The van der Waals surface area contributed by atoms with Crippen molar-refractivity contribution < 1.29 is 23.1 Å². The molecule has 2 aliphatic heterocycles. The average molecular weight is 304 g/mol. The van der Waals surface area contributed by atoms with Crippen molar-refractivity contribution in [2.75, 3.05) is 19.3 Å². The first kappa shape index (κ1) is 15.2. The van der Waals surface area contributed by atoms with E-state index in [0.717, 1.165) is 6.26 Å². The van der Waals surface area contributed by atoms with Crippen LogP contribution in [0.15, 0.2) is 0 Å². The summed E-state index contributed by atoms with van der Waals surface area (Å²) in [6.07, 6.45) is 3.19. The molecule has 2 aliphatic rings. The molecular weight excluding hydrogens is 284 g/mol. The highest BCUT2D eigenvalue weighted by Gasteiger charge is 2.49. The number of hydrogen-bond donors (Lipinski definition) is 1. The van der Waals surface area contributed by atoms with Crippen LogP contribution in [0.3, 0.4) is 0 Å². The Morgan fingerprint density at radius 2 is 1.90 bits per heavy atom. The second-order valence-electron chi connectivity index (χ2n) is 5.70. The summed E-state index contributed by atoms with van der Waals surface area (Å²) >= 11 is 0. The predicted molar refractivity (Wildman–Crippen MR) is 71.6 cm³/mol. The summed E-state index contributed by atoms with van der Waals surface area (Å²) in [4.78, 5) is 25.3. The van der Waals surface area contributed by atoms with Gasteiger partial charge in [-0.05, 0) is 32.6 Å². The van der Waals surface area contributed by atoms with Crippen LogP contribution in [0.25, 0.3) is 0 Å². The van der Waals surface area contributed by atoms with E-state index < -0.39 is 27.6 Å². The van der Waals surface area contributed by atoms with Crippen molar-refractivity contribution in [3.63, 3.8) is 0 Å². The summed E-state index contributed by atoms with van der Waals surface area (Å²) in [5, 5.41) is 9.33. The maximum Gasteiger partial charge on any atom is 0.329 e. The van der Waals surface area contributed by atoms with Gasteiger partial charge < -0.3 is 10.0 Å². The molecule has 8 heteroatoms. The van der Waals surface area contributed by atoms with Gasteiger partial charge >= 0.3 is 5.97 Å². The number of carbonyl (C=O) groups is 2. The topological polar surface area (TPSA) is 95.0 Å². The second-order valence-corrected chi connectivity index (χ2v) is 7.64. The number of aliphatic carboxylic acids is 1. The number of hydrogen-bond acceptors (Lipinski definition) is 4. The maximum atomic E-state index is 12.6. The highest BCUT2D eigenvalue weighted by Crippen LogP contribution is 2.32. The highest BCUT2D eigenvalue weighted by atomic mass is 32.2. The van der Waals surface area contributed by atoms with Crippen molar-refractivity contribution >= 4 is 21.9 Å². The van der Waals surface area contributed by atoms with E-state index in [2.05, 4.69) is 0 Å². The number of likely N-dealkylation sites (tertiary alicyclic amines) is 1. The third-order valence-electron chi connectivity index (χ3n) is 4.28. The first-order valence-corrected chi connectivity index (χ1v) is 8.54. The maximum absolute atomic E-state index is 12.6. The number of carboxylic acids is 1. The van der Waals surface area contributed by atoms with Crippen molar-refractivity contribution in [1.29, 1.82) is 0 Å². The molecule has 114 valence electrons. The minimum Gasteiger partial charge on any atom is -0.480 e. The van der Waals surface area contributed by atoms with Gasteiger partial charge in [0.1, 0.15) is 11.6 Å². The van der Waals surface area contributed by atoms with E-state index in [0.29, 0.717) is 38.8 Å². The molecule has 2 atom stereocenters. The highest BCUT2D eigenvalue weighted by molar-refractivity contribution is 7.88. The van der Waals surface area contributed by atoms with Gasteiger partial charge in [-0.2, -0.15) is 4.31 Å². The SMILES string of the molecule is CC1(C(=O)O)CCCN1C(=O)C1CCCN1S(C)(=O)=O. The molecule has 0 radical (unpaired) electrons. The van der Waals surface area contributed by atoms with Crippen molar-refractivity contribution in [1.82, 2.24) is 9.21 Å². The molecule has 20 heavy (non-hydrogen) atoms. The third kappa shape index (κ3) is 2.42. The minimum atomic E-state index is -3.45. The fourth-order valence-corrected chi connectivity index (χ4v) is 4.22. The van der Waals surface area contributed by atoms with E-state index in [1.54, 1.807) is 0 Å². The molecule has 2 heterocycles. The molecule has 1 amide bonds. The number of sulfonamides is 1. The molecule has 7 nitrogen and oxygen atoms in total. The van der Waals surface area contributed by atoms with Crippen LogP contribution in [-0.2, 0) is 19.6 Å². The Morgan fingerprint density at radius 3 is 2.45 bits per heavy atom. The zero-order chi connectivity index (χ0) is 15.1. The van der Waals surface area contributed by atoms with Gasteiger partial charge in [0.05, 0.1) is 6.26 Å². The largest absolute Gasteiger partial charge is 0.480 e. The standard InChI is InChI=1S/C12H20N2O5S/c1-12(11(16)17)6-4-7-13(12)10(15)9-5-3-8-14(9)20(2,18)19/h9H,3-8H2,1-2H3,(H,16,17). The Hall–Kier alpha value is -1.15. The molecule has 0 aromatic rings. The number of rotatable bonds is 3. The summed E-state index contributed by atoms with van der Waals surface area (Å²) < 4.78 is 24.6. The molecular formula is C12H20N2O5S. The van der Waals surface area contributed by atoms with Crippen LogP contribution >= 0.6 is 0 Å². The van der Waals surface area contributed by atoms with E-state index >= 15 is 0 Å². The van der Waals surface area contributed by atoms with Crippen LogP contribution in [0.4, 0.5) is 0 Å². The lowest BCUT2D eigenvalue weighted by molar-refractivity contribution is -0.156. The first-order chi connectivity index (χ1) is 9.18. The molecule has 0 aromatic heterocycles. The van der Waals surface area contributed by atoms with Crippen molar-refractivity contribution in [2.24, 2.45) is 0 Å². The van der Waals surface area contributed by atoms with Crippen molar-refractivity contribution in [2.45, 2.75) is 44.2 Å². The summed E-state index contributed by atoms with van der Waals surface area (Å²) in [6.45, 7) is 2.22. The Balaban J connectivity index is 2.25. The Labute approximate surface area is 118 Å². The zero-order valence-corrected chi connectivity index (χ0v) is 12.5. The lowest BCUT2D eigenvalue weighted by Gasteiger charge is -2.34. The fraction of sp³-hybridized carbons (Fsp3) is 0.833. The van der Waals surface area contributed by atoms with Gasteiger partial charge in [-0.15, -0.1) is 0 Å². The van der Waals surface area contributed by atoms with E-state index in [1.165, 1.54) is 16.1 Å². The first-order valence-electron chi connectivity index (χ1n) is 6.69. The summed E-state index contributed by atoms with van der Waals surface area (Å²) in [5.74, 6) is -1.41. The molecule has 0 bridgehead atoms. The Kier molecular flexibility index (Phi) is 3.81. The average Bonchev–Trinajstić information content (AvgIpc) is 2.93. The van der Waals surface area contributed by atoms with Gasteiger partial charge in [0, 0.05) is 13.1 Å². The van der Waals surface area contributed by atoms with Crippen LogP contribution in [-0.4, -0.2) is 65.5 Å². The van der Waals surface area contributed by atoms with Crippen LogP contribution in [0.5, 0.6) is 0 Å². The summed E-state index contributed by atoms with van der Waals surface area (Å²) in [5.41, 5.74) is -1.22. The van der Waals surface area contributed by atoms with Crippen molar-refractivity contribution in [3.8, 4) is 0 Å². The van der Waals surface area contributed by atoms with Gasteiger partial charge in [-0.25, -0.2) is 13.2 Å². The second kappa shape index (κ2) is 5.00. The van der Waals surface area contributed by atoms with E-state index in [4.69, 9.17) is 0 Å². The number of carbonyl (C=O) groups excluding carboxylic acids is 1. The van der Waals surface area contributed by atoms with Crippen LogP contribution in [0.1, 0.15) is 32.6 Å². The quantitative estimate of drug-likeness (QED) is 0.784. The van der Waals surface area contributed by atoms with Gasteiger partial charge in [0.15, 0.2) is 0 Å². The molecule has 2 unspecified atom stereocenters. The van der Waals surface area contributed by atoms with Crippen LogP contribution < -0.4 is 0 Å². The van der Waals surface area contributed by atoms with E-state index in [-0.39, 0.29) is 5.91 Å². The molecule has 0 aromatic carbocycles. The number of nitrogens with zero attached hydrogens (tertiary/aromatic N) is 2. The smallest absolute Gasteiger partial charge is 0.329 e. The zero-order valence-electron chi connectivity index (χ0n) is 11.7. The number of amides is 1. The number of carboxylic acid groups (broad SMARTS) is 1. The molecule has 0 aliphatic carbocycles. The van der Waals surface area contributed by atoms with Gasteiger partial charge in [-0.3, -0.25) is 4.79 Å². The van der Waals surface area contributed by atoms with Gasteiger partial charge in [-0.1, -0.05) is 0 Å². The molecule has 0 saturated carbocycles. The van der Waals surface area contributed by atoms with E-state index in [1.807, 2.05) is 0 Å². The molecule has 0 spiro atoms. The molecule has 2 fully saturated rings. The normalized spacial score (nSPS) is 31.7. The van der Waals surface area contributed by atoms with Crippen LogP contribution in [0, 0.1) is 0 Å². The Morgan fingerprint density at radius 1 is 1.25 bits per heavy atom.